The van der Waals surface area contributed by atoms with Crippen LogP contribution < -0.4 is 4.90 Å². The number of carbonyl (C=O) groups is 1. The number of halogens is 2. The summed E-state index contributed by atoms with van der Waals surface area (Å²) in [6, 6.07) is 13.6. The van der Waals surface area contributed by atoms with Crippen molar-refractivity contribution in [1.29, 1.82) is 0 Å². The van der Waals surface area contributed by atoms with Crippen molar-refractivity contribution in [3.05, 3.63) is 63.3 Å². The van der Waals surface area contributed by atoms with Gasteiger partial charge >= 0.3 is 0 Å². The first-order valence-electron chi connectivity index (χ1n) is 8.52. The predicted molar refractivity (Wildman–Crippen MR) is 108 cm³/mol. The molecule has 0 unspecified atom stereocenters. The van der Waals surface area contributed by atoms with Crippen molar-refractivity contribution in [2.24, 2.45) is 0 Å². The van der Waals surface area contributed by atoms with Gasteiger partial charge in [-0.25, -0.2) is 0 Å². The fourth-order valence-corrected chi connectivity index (χ4v) is 4.02. The van der Waals surface area contributed by atoms with Crippen LogP contribution in [0.25, 0.3) is 11.0 Å². The summed E-state index contributed by atoms with van der Waals surface area (Å²) < 4.78 is 6.83. The number of para-hydroxylation sites is 1. The van der Waals surface area contributed by atoms with Gasteiger partial charge in [-0.1, -0.05) is 39.7 Å². The molecule has 3 aromatic rings. The van der Waals surface area contributed by atoms with Crippen LogP contribution in [0.1, 0.15) is 16.1 Å². The molecular weight excluding hydrogens is 416 g/mol. The fourth-order valence-electron chi connectivity index (χ4n) is 3.40. The van der Waals surface area contributed by atoms with Crippen LogP contribution in [0.5, 0.6) is 0 Å². The van der Waals surface area contributed by atoms with Crippen molar-refractivity contribution < 1.29 is 9.21 Å². The Bertz CT molecular complexity index is 977. The molecule has 1 saturated heterocycles. The molecule has 0 spiro atoms. The SMILES string of the molecule is Cc1c(C(=O)N2CCN(c3ccccc3Cl)CC2)oc2ccc(Br)cc12. The summed E-state index contributed by atoms with van der Waals surface area (Å²) in [6.45, 7) is 4.72. The van der Waals surface area contributed by atoms with Crippen LogP contribution >= 0.6 is 27.5 Å². The average Bonchev–Trinajstić information content (AvgIpc) is 2.98. The summed E-state index contributed by atoms with van der Waals surface area (Å²) in [7, 11) is 0. The van der Waals surface area contributed by atoms with Gasteiger partial charge in [0.05, 0.1) is 10.7 Å². The lowest BCUT2D eigenvalue weighted by Gasteiger charge is -2.36. The van der Waals surface area contributed by atoms with Crippen molar-refractivity contribution in [2.45, 2.75) is 6.92 Å². The molecule has 1 aromatic heterocycles. The van der Waals surface area contributed by atoms with Gasteiger partial charge in [0.15, 0.2) is 5.76 Å². The zero-order valence-corrected chi connectivity index (χ0v) is 16.7. The second-order valence-corrected chi connectivity index (χ2v) is 7.75. The highest BCUT2D eigenvalue weighted by molar-refractivity contribution is 9.10. The third-order valence-electron chi connectivity index (χ3n) is 4.85. The molecule has 1 aliphatic rings. The van der Waals surface area contributed by atoms with Gasteiger partial charge < -0.3 is 14.2 Å². The van der Waals surface area contributed by atoms with Crippen LogP contribution in [0.4, 0.5) is 5.69 Å². The molecule has 0 aliphatic carbocycles. The monoisotopic (exact) mass is 432 g/mol. The van der Waals surface area contributed by atoms with E-state index in [1.165, 1.54) is 0 Å². The Labute approximate surface area is 165 Å². The van der Waals surface area contributed by atoms with E-state index in [-0.39, 0.29) is 5.91 Å². The number of piperazine rings is 1. The van der Waals surface area contributed by atoms with E-state index in [0.29, 0.717) is 18.8 Å². The second-order valence-electron chi connectivity index (χ2n) is 6.43. The van der Waals surface area contributed by atoms with E-state index in [1.807, 2.05) is 54.3 Å². The molecule has 1 aliphatic heterocycles. The average molecular weight is 434 g/mol. The number of anilines is 1. The van der Waals surface area contributed by atoms with Crippen LogP contribution in [0, 0.1) is 6.92 Å². The second kappa shape index (κ2) is 6.97. The first kappa shape index (κ1) is 17.4. The third-order valence-corrected chi connectivity index (χ3v) is 5.67. The number of furan rings is 1. The molecule has 4 nitrogen and oxygen atoms in total. The highest BCUT2D eigenvalue weighted by Gasteiger charge is 2.27. The molecule has 1 amide bonds. The number of hydrogen-bond acceptors (Lipinski definition) is 3. The van der Waals surface area contributed by atoms with E-state index in [0.717, 1.165) is 44.8 Å². The zero-order chi connectivity index (χ0) is 18.3. The van der Waals surface area contributed by atoms with Gasteiger partial charge in [0, 0.05) is 41.6 Å². The first-order valence-corrected chi connectivity index (χ1v) is 9.69. The van der Waals surface area contributed by atoms with Crippen LogP contribution in [0.15, 0.2) is 51.4 Å². The van der Waals surface area contributed by atoms with Gasteiger partial charge in [0.1, 0.15) is 5.58 Å². The standard InChI is InChI=1S/C20H18BrClN2O2/c1-13-15-12-14(21)6-7-18(15)26-19(13)20(25)24-10-8-23(9-11-24)17-5-3-2-4-16(17)22/h2-7,12H,8-11H2,1H3. The first-order chi connectivity index (χ1) is 12.5. The van der Waals surface area contributed by atoms with E-state index in [1.54, 1.807) is 0 Å². The number of benzene rings is 2. The maximum atomic E-state index is 13.0. The lowest BCUT2D eigenvalue weighted by Crippen LogP contribution is -2.48. The molecule has 4 rings (SSSR count). The predicted octanol–water partition coefficient (Wildman–Crippen LogP) is 5.12. The smallest absolute Gasteiger partial charge is 0.290 e. The maximum absolute atomic E-state index is 13.0. The zero-order valence-electron chi connectivity index (χ0n) is 14.3. The minimum atomic E-state index is -0.0476. The minimum Gasteiger partial charge on any atom is -0.451 e. The van der Waals surface area contributed by atoms with Crippen LogP contribution in [0.2, 0.25) is 5.02 Å². The van der Waals surface area contributed by atoms with Crippen molar-refractivity contribution in [2.75, 3.05) is 31.1 Å². The number of rotatable bonds is 2. The number of hydrogen-bond donors (Lipinski definition) is 0. The van der Waals surface area contributed by atoms with E-state index in [4.69, 9.17) is 16.0 Å². The van der Waals surface area contributed by atoms with Gasteiger partial charge in [-0.3, -0.25) is 4.79 Å². The molecule has 6 heteroatoms. The van der Waals surface area contributed by atoms with Gasteiger partial charge in [0.2, 0.25) is 0 Å². The summed E-state index contributed by atoms with van der Waals surface area (Å²) in [5.74, 6) is 0.387. The summed E-state index contributed by atoms with van der Waals surface area (Å²) >= 11 is 9.76. The van der Waals surface area contributed by atoms with Crippen molar-refractivity contribution in [3.8, 4) is 0 Å². The van der Waals surface area contributed by atoms with E-state index < -0.39 is 0 Å². The highest BCUT2D eigenvalue weighted by atomic mass is 79.9. The van der Waals surface area contributed by atoms with Crippen molar-refractivity contribution >= 4 is 50.1 Å². The third kappa shape index (κ3) is 3.10. The molecule has 0 radical (unpaired) electrons. The minimum absolute atomic E-state index is 0.0476. The van der Waals surface area contributed by atoms with Crippen LogP contribution in [-0.4, -0.2) is 37.0 Å². The topological polar surface area (TPSA) is 36.7 Å². The lowest BCUT2D eigenvalue weighted by atomic mass is 10.1. The summed E-state index contributed by atoms with van der Waals surface area (Å²) in [5, 5.41) is 1.71. The summed E-state index contributed by atoms with van der Waals surface area (Å²) in [5.41, 5.74) is 2.65. The summed E-state index contributed by atoms with van der Waals surface area (Å²) in [4.78, 5) is 17.0. The molecule has 0 N–H and O–H groups in total. The Morgan fingerprint density at radius 2 is 1.85 bits per heavy atom. The molecule has 134 valence electrons. The number of carbonyl (C=O) groups excluding carboxylic acids is 1. The lowest BCUT2D eigenvalue weighted by molar-refractivity contribution is 0.0716. The number of fused-ring (bicyclic) bond motifs is 1. The maximum Gasteiger partial charge on any atom is 0.290 e. The number of amides is 1. The molecule has 26 heavy (non-hydrogen) atoms. The Balaban J connectivity index is 1.52. The van der Waals surface area contributed by atoms with E-state index in [9.17, 15) is 4.79 Å². The van der Waals surface area contributed by atoms with Crippen LogP contribution in [0.3, 0.4) is 0 Å². The van der Waals surface area contributed by atoms with Gasteiger partial charge in [-0.15, -0.1) is 0 Å². The van der Waals surface area contributed by atoms with Crippen LogP contribution in [-0.2, 0) is 0 Å². The van der Waals surface area contributed by atoms with Gasteiger partial charge in [-0.2, -0.15) is 0 Å². The molecule has 1 fully saturated rings. The summed E-state index contributed by atoms with van der Waals surface area (Å²) in [6.07, 6.45) is 0. The number of aryl methyl sites for hydroxylation is 1. The Hall–Kier alpha value is -1.98. The van der Waals surface area contributed by atoms with E-state index >= 15 is 0 Å². The molecule has 0 atom stereocenters. The number of nitrogens with zero attached hydrogens (tertiary/aromatic N) is 2. The van der Waals surface area contributed by atoms with Gasteiger partial charge in [0.25, 0.3) is 5.91 Å². The molecule has 2 heterocycles. The normalized spacial score (nSPS) is 14.9. The van der Waals surface area contributed by atoms with E-state index in [2.05, 4.69) is 20.8 Å². The molecular formula is C20H18BrClN2O2. The highest BCUT2D eigenvalue weighted by Crippen LogP contribution is 2.30. The Kier molecular flexibility index (Phi) is 4.67. The quantitative estimate of drug-likeness (QED) is 0.563. The van der Waals surface area contributed by atoms with Crippen molar-refractivity contribution in [3.63, 3.8) is 0 Å². The molecule has 0 bridgehead atoms. The van der Waals surface area contributed by atoms with Crippen molar-refractivity contribution in [1.82, 2.24) is 4.90 Å². The fraction of sp³-hybridized carbons (Fsp3) is 0.250. The largest absolute Gasteiger partial charge is 0.451 e. The Morgan fingerprint density at radius 3 is 2.58 bits per heavy atom. The van der Waals surface area contributed by atoms with Gasteiger partial charge in [-0.05, 0) is 37.3 Å². The molecule has 0 saturated carbocycles. The Morgan fingerprint density at radius 1 is 1.12 bits per heavy atom. The molecule has 2 aromatic carbocycles.